The maximum atomic E-state index is 12.3. The zero-order valence-corrected chi connectivity index (χ0v) is 10.7. The van der Waals surface area contributed by atoms with E-state index in [2.05, 4.69) is 6.92 Å². The Morgan fingerprint density at radius 2 is 2.06 bits per heavy atom. The smallest absolute Gasteiger partial charge is 0.254 e. The van der Waals surface area contributed by atoms with Gasteiger partial charge >= 0.3 is 0 Å². The van der Waals surface area contributed by atoms with E-state index < -0.39 is 0 Å². The third-order valence-corrected chi connectivity index (χ3v) is 3.57. The summed E-state index contributed by atoms with van der Waals surface area (Å²) in [6, 6.07) is 6.07. The quantitative estimate of drug-likeness (QED) is 0.801. The molecule has 2 atom stereocenters. The monoisotopic (exact) mass is 232 g/mol. The molecule has 0 bridgehead atoms. The predicted molar refractivity (Wildman–Crippen MR) is 69.0 cm³/mol. The van der Waals surface area contributed by atoms with E-state index in [0.717, 1.165) is 17.7 Å². The van der Waals surface area contributed by atoms with Crippen molar-refractivity contribution in [3.05, 3.63) is 34.9 Å². The second-order valence-electron chi connectivity index (χ2n) is 5.17. The van der Waals surface area contributed by atoms with Crippen molar-refractivity contribution in [1.29, 1.82) is 0 Å². The molecule has 1 fully saturated rings. The molecule has 1 amide bonds. The molecule has 17 heavy (non-hydrogen) atoms. The summed E-state index contributed by atoms with van der Waals surface area (Å²) in [5.74, 6) is 0.506. The van der Waals surface area contributed by atoms with Gasteiger partial charge in [0.15, 0.2) is 0 Å². The van der Waals surface area contributed by atoms with E-state index in [4.69, 9.17) is 5.73 Å². The van der Waals surface area contributed by atoms with Crippen LogP contribution in [0.25, 0.3) is 0 Å². The second kappa shape index (κ2) is 4.49. The van der Waals surface area contributed by atoms with E-state index in [9.17, 15) is 4.79 Å². The number of nitrogens with two attached hydrogens (primary N) is 1. The summed E-state index contributed by atoms with van der Waals surface area (Å²) in [7, 11) is 0. The van der Waals surface area contributed by atoms with Crippen LogP contribution in [0.4, 0.5) is 0 Å². The lowest BCUT2D eigenvalue weighted by Gasteiger charge is -2.17. The van der Waals surface area contributed by atoms with E-state index in [0.29, 0.717) is 12.5 Å². The highest BCUT2D eigenvalue weighted by Gasteiger charge is 2.30. The molecule has 1 aliphatic rings. The number of carbonyl (C=O) groups excluding carboxylic acids is 1. The normalized spacial score (nSPS) is 24.1. The molecule has 1 saturated heterocycles. The minimum Gasteiger partial charge on any atom is -0.337 e. The largest absolute Gasteiger partial charge is 0.337 e. The average Bonchev–Trinajstić information content (AvgIpc) is 2.58. The van der Waals surface area contributed by atoms with Gasteiger partial charge in [-0.05, 0) is 31.4 Å². The predicted octanol–water partition coefficient (Wildman–Crippen LogP) is 1.72. The van der Waals surface area contributed by atoms with Gasteiger partial charge in [0.05, 0.1) is 0 Å². The van der Waals surface area contributed by atoms with Gasteiger partial charge in [-0.1, -0.05) is 24.6 Å². The van der Waals surface area contributed by atoms with Crippen molar-refractivity contribution in [2.24, 2.45) is 11.7 Å². The summed E-state index contributed by atoms with van der Waals surface area (Å²) in [6.45, 7) is 7.56. The Morgan fingerprint density at radius 1 is 1.35 bits per heavy atom. The molecular weight excluding hydrogens is 212 g/mol. The maximum Gasteiger partial charge on any atom is 0.254 e. The molecule has 2 unspecified atom stereocenters. The Bertz CT molecular complexity index is 432. The number of aryl methyl sites for hydroxylation is 2. The lowest BCUT2D eigenvalue weighted by atomic mass is 10.0. The standard InChI is InChI=1S/C14H20N2O/c1-9-4-5-12(10(2)6-9)14(17)16-7-11(3)13(15)8-16/h4-6,11,13H,7-8,15H2,1-3H3. The molecule has 2 N–H and O–H groups in total. The molecule has 1 aromatic carbocycles. The average molecular weight is 232 g/mol. The summed E-state index contributed by atoms with van der Waals surface area (Å²) >= 11 is 0. The highest BCUT2D eigenvalue weighted by molar-refractivity contribution is 5.96. The van der Waals surface area contributed by atoms with Crippen LogP contribution in [0.5, 0.6) is 0 Å². The fraction of sp³-hybridized carbons (Fsp3) is 0.500. The number of benzene rings is 1. The third kappa shape index (κ3) is 2.34. The molecule has 0 saturated carbocycles. The first-order valence-corrected chi connectivity index (χ1v) is 6.11. The molecule has 1 heterocycles. The molecule has 1 aromatic rings. The minimum atomic E-state index is 0.113. The van der Waals surface area contributed by atoms with Gasteiger partial charge in [-0.3, -0.25) is 4.79 Å². The molecule has 92 valence electrons. The Morgan fingerprint density at radius 3 is 2.59 bits per heavy atom. The first kappa shape index (κ1) is 12.1. The summed E-state index contributed by atoms with van der Waals surface area (Å²) in [4.78, 5) is 14.2. The fourth-order valence-electron chi connectivity index (χ4n) is 2.38. The first-order valence-electron chi connectivity index (χ1n) is 6.11. The third-order valence-electron chi connectivity index (χ3n) is 3.57. The Hall–Kier alpha value is -1.35. The molecule has 3 nitrogen and oxygen atoms in total. The summed E-state index contributed by atoms with van der Waals surface area (Å²) in [6.07, 6.45) is 0. The number of amides is 1. The Labute approximate surface area is 103 Å². The summed E-state index contributed by atoms with van der Waals surface area (Å²) < 4.78 is 0. The van der Waals surface area contributed by atoms with Gasteiger partial charge in [0.2, 0.25) is 0 Å². The van der Waals surface area contributed by atoms with Crippen molar-refractivity contribution in [2.45, 2.75) is 26.8 Å². The molecule has 0 radical (unpaired) electrons. The molecule has 1 aliphatic heterocycles. The summed E-state index contributed by atoms with van der Waals surface area (Å²) in [5, 5.41) is 0. The zero-order valence-electron chi connectivity index (χ0n) is 10.7. The molecular formula is C14H20N2O. The number of likely N-dealkylation sites (tertiary alicyclic amines) is 1. The van der Waals surface area contributed by atoms with E-state index in [1.165, 1.54) is 5.56 Å². The van der Waals surface area contributed by atoms with Crippen molar-refractivity contribution in [1.82, 2.24) is 4.90 Å². The number of hydrogen-bond donors (Lipinski definition) is 1. The van der Waals surface area contributed by atoms with Crippen molar-refractivity contribution < 1.29 is 4.79 Å². The highest BCUT2D eigenvalue weighted by Crippen LogP contribution is 2.19. The molecule has 3 heteroatoms. The number of rotatable bonds is 1. The van der Waals surface area contributed by atoms with Gasteiger partial charge < -0.3 is 10.6 Å². The SMILES string of the molecule is Cc1ccc(C(=O)N2CC(C)C(N)C2)c(C)c1. The zero-order chi connectivity index (χ0) is 12.6. The van der Waals surface area contributed by atoms with E-state index >= 15 is 0 Å². The highest BCUT2D eigenvalue weighted by atomic mass is 16.2. The number of hydrogen-bond acceptors (Lipinski definition) is 2. The van der Waals surface area contributed by atoms with Crippen molar-refractivity contribution in [3.63, 3.8) is 0 Å². The number of nitrogens with zero attached hydrogens (tertiary/aromatic N) is 1. The van der Waals surface area contributed by atoms with E-state index in [1.807, 2.05) is 36.9 Å². The van der Waals surface area contributed by atoms with Crippen molar-refractivity contribution in [3.8, 4) is 0 Å². The van der Waals surface area contributed by atoms with Crippen LogP contribution in [0.15, 0.2) is 18.2 Å². The lowest BCUT2D eigenvalue weighted by Crippen LogP contribution is -2.32. The topological polar surface area (TPSA) is 46.3 Å². The van der Waals surface area contributed by atoms with Crippen LogP contribution in [-0.2, 0) is 0 Å². The van der Waals surface area contributed by atoms with Crippen LogP contribution in [-0.4, -0.2) is 29.9 Å². The van der Waals surface area contributed by atoms with Gasteiger partial charge in [0.1, 0.15) is 0 Å². The van der Waals surface area contributed by atoms with Crippen molar-refractivity contribution in [2.75, 3.05) is 13.1 Å². The van der Waals surface area contributed by atoms with Gasteiger partial charge in [0, 0.05) is 24.7 Å². The second-order valence-corrected chi connectivity index (χ2v) is 5.17. The van der Waals surface area contributed by atoms with Crippen LogP contribution >= 0.6 is 0 Å². The molecule has 0 aliphatic carbocycles. The van der Waals surface area contributed by atoms with Gasteiger partial charge in [-0.15, -0.1) is 0 Å². The van der Waals surface area contributed by atoms with Crippen molar-refractivity contribution >= 4 is 5.91 Å². The van der Waals surface area contributed by atoms with Crippen LogP contribution in [0.1, 0.15) is 28.4 Å². The Kier molecular flexibility index (Phi) is 3.20. The molecule has 2 rings (SSSR count). The summed E-state index contributed by atoms with van der Waals surface area (Å²) in [5.41, 5.74) is 8.99. The number of carbonyl (C=O) groups is 1. The van der Waals surface area contributed by atoms with Crippen LogP contribution < -0.4 is 5.73 Å². The van der Waals surface area contributed by atoms with Gasteiger partial charge in [-0.2, -0.15) is 0 Å². The van der Waals surface area contributed by atoms with Gasteiger partial charge in [0.25, 0.3) is 5.91 Å². The first-order chi connectivity index (χ1) is 7.99. The van der Waals surface area contributed by atoms with Crippen LogP contribution in [0.3, 0.4) is 0 Å². The van der Waals surface area contributed by atoms with E-state index in [-0.39, 0.29) is 11.9 Å². The lowest BCUT2D eigenvalue weighted by molar-refractivity contribution is 0.0786. The van der Waals surface area contributed by atoms with E-state index in [1.54, 1.807) is 0 Å². The maximum absolute atomic E-state index is 12.3. The van der Waals surface area contributed by atoms with Crippen LogP contribution in [0, 0.1) is 19.8 Å². The van der Waals surface area contributed by atoms with Gasteiger partial charge in [-0.25, -0.2) is 0 Å². The van der Waals surface area contributed by atoms with Crippen LogP contribution in [0.2, 0.25) is 0 Å². The molecule has 0 aromatic heterocycles. The Balaban J connectivity index is 2.20. The fourth-order valence-corrected chi connectivity index (χ4v) is 2.38. The molecule has 0 spiro atoms. The minimum absolute atomic E-state index is 0.113.